The fraction of sp³-hybridized carbons (Fsp3) is 0.408. The fourth-order valence-electron chi connectivity index (χ4n) is 12.1. The third-order valence-corrected chi connectivity index (χ3v) is 18.9. The summed E-state index contributed by atoms with van der Waals surface area (Å²) in [6.45, 7) is 4.06. The van der Waals surface area contributed by atoms with Crippen LogP contribution in [-0.4, -0.2) is 205 Å². The lowest BCUT2D eigenvalue weighted by Crippen LogP contribution is -2.61. The van der Waals surface area contributed by atoms with Crippen LogP contribution in [0, 0.1) is 5.92 Å². The number of amides is 16. The molecule has 0 radical (unpaired) electrons. The Kier molecular flexibility index (Phi) is 35.9. The molecule has 618 valence electrons. The summed E-state index contributed by atoms with van der Waals surface area (Å²) in [5, 5.41) is 51.3. The number of rotatable bonds is 48. The second-order valence-electron chi connectivity index (χ2n) is 27.7. The Morgan fingerprint density at radius 3 is 1.09 bits per heavy atom. The minimum absolute atomic E-state index is 0.128. The van der Waals surface area contributed by atoms with E-state index in [9.17, 15) is 77.3 Å². The SMILES string of the molecule is CC(=O)N[C@@H](CS)C(=O)N[C@@H](CCC(N)=O)C(=O)N[C@@H](Cc1ccccc1)C(=O)N[C@@H](Cc1c[nH]c2ccccc12)C(=O)N[C@@H](CCC(N)=O)C(=O)N[C@@H](CS)C(=O)N[C@@H](Cc1ccc(O)cc1)C(=O)N[C@@H](Cc1c[nH]c2ccccc12)C(=O)N[C@@H](CCC(C)C)C(=O)N[C@@H](CCC(=O)O)C(=O)N[C@@H](CC(N)=O)C(=O)NCC(N)=O. The maximum Gasteiger partial charge on any atom is 0.303 e. The third kappa shape index (κ3) is 30.1. The molecule has 37 nitrogen and oxygen atoms in total. The smallest absolute Gasteiger partial charge is 0.303 e. The molecule has 39 heteroatoms. The summed E-state index contributed by atoms with van der Waals surface area (Å²) in [5.41, 5.74) is 24.6. The number of primary amides is 4. The Hall–Kier alpha value is -12.6. The molecule has 11 atom stereocenters. The largest absolute Gasteiger partial charge is 0.508 e. The first kappa shape index (κ1) is 91.3. The van der Waals surface area contributed by atoms with Gasteiger partial charge in [-0.3, -0.25) is 81.5 Å². The predicted octanol–water partition coefficient (Wildman–Crippen LogP) is -2.85. The van der Waals surface area contributed by atoms with Crippen molar-refractivity contribution >= 4 is 148 Å². The van der Waals surface area contributed by atoms with Crippen LogP contribution in [0.4, 0.5) is 0 Å². The van der Waals surface area contributed by atoms with Crippen LogP contribution in [0.3, 0.4) is 0 Å². The van der Waals surface area contributed by atoms with Crippen molar-refractivity contribution in [3.63, 3.8) is 0 Å². The van der Waals surface area contributed by atoms with Crippen molar-refractivity contribution < 1.29 is 91.7 Å². The van der Waals surface area contributed by atoms with Crippen molar-refractivity contribution in [2.75, 3.05) is 18.1 Å². The van der Waals surface area contributed by atoms with Gasteiger partial charge in [-0.2, -0.15) is 25.3 Å². The van der Waals surface area contributed by atoms with Crippen molar-refractivity contribution in [2.45, 2.75) is 171 Å². The van der Waals surface area contributed by atoms with Gasteiger partial charge in [0.1, 0.15) is 72.2 Å². The maximum absolute atomic E-state index is 15.2. The molecule has 0 aliphatic rings. The number of nitrogens with two attached hydrogens (primary N) is 4. The van der Waals surface area contributed by atoms with Crippen molar-refractivity contribution in [3.8, 4) is 5.75 Å². The number of aliphatic carboxylic acids is 1. The lowest BCUT2D eigenvalue weighted by molar-refractivity contribution is -0.139. The van der Waals surface area contributed by atoms with Crippen LogP contribution in [0.2, 0.25) is 0 Å². The molecular weight excluding hydrogens is 1530 g/mol. The highest BCUT2D eigenvalue weighted by molar-refractivity contribution is 7.80. The van der Waals surface area contributed by atoms with Crippen LogP contribution in [0.25, 0.3) is 21.8 Å². The molecule has 0 spiro atoms. The van der Waals surface area contributed by atoms with Gasteiger partial charge in [-0.1, -0.05) is 92.7 Å². The van der Waals surface area contributed by atoms with Crippen LogP contribution in [0.15, 0.2) is 116 Å². The molecule has 0 aliphatic carbocycles. The number of aromatic nitrogens is 2. The molecule has 2 aromatic heterocycles. The number of thiol groups is 2. The number of carbonyl (C=O) groups excluding carboxylic acids is 16. The number of phenols is 1. The first-order valence-corrected chi connectivity index (χ1v) is 38.0. The van der Waals surface area contributed by atoms with Gasteiger partial charge >= 0.3 is 5.97 Å². The Bertz CT molecular complexity index is 4480. The maximum atomic E-state index is 15.2. The molecule has 0 aliphatic heterocycles. The summed E-state index contributed by atoms with van der Waals surface area (Å²) in [5.74, 6) is -18.3. The summed E-state index contributed by atoms with van der Waals surface area (Å²) in [6.07, 6.45) is -1.96. The number of phenolic OH excluding ortho intramolecular Hbond substituents is 1. The molecule has 24 N–H and O–H groups in total. The van der Waals surface area contributed by atoms with Crippen molar-refractivity contribution in [1.82, 2.24) is 73.8 Å². The lowest BCUT2D eigenvalue weighted by atomic mass is 9.99. The second-order valence-corrected chi connectivity index (χ2v) is 28.4. The quantitative estimate of drug-likeness (QED) is 0.0171. The van der Waals surface area contributed by atoms with Crippen LogP contribution in [0.5, 0.6) is 5.75 Å². The highest BCUT2D eigenvalue weighted by Gasteiger charge is 2.38. The second kappa shape index (κ2) is 45.2. The van der Waals surface area contributed by atoms with E-state index < -0.39 is 218 Å². The van der Waals surface area contributed by atoms with Gasteiger partial charge in [0, 0.05) is 97.6 Å². The molecule has 4 aromatic carbocycles. The van der Waals surface area contributed by atoms with E-state index in [0.717, 1.165) is 6.92 Å². The number of fused-ring (bicyclic) bond motifs is 2. The number of aromatic hydroxyl groups is 1. The molecule has 0 saturated heterocycles. The number of carboxylic acid groups (broad SMARTS) is 1. The molecule has 6 rings (SSSR count). The normalized spacial score (nSPS) is 14.0. The van der Waals surface area contributed by atoms with Crippen molar-refractivity contribution in [1.29, 1.82) is 0 Å². The van der Waals surface area contributed by atoms with Crippen molar-refractivity contribution in [2.24, 2.45) is 28.9 Å². The van der Waals surface area contributed by atoms with Crippen LogP contribution in [0.1, 0.15) is 101 Å². The highest BCUT2D eigenvalue weighted by atomic mass is 32.1. The summed E-state index contributed by atoms with van der Waals surface area (Å²) in [4.78, 5) is 238. The predicted molar refractivity (Wildman–Crippen MR) is 424 cm³/mol. The number of benzene rings is 4. The third-order valence-electron chi connectivity index (χ3n) is 18.1. The molecule has 0 fully saturated rings. The Labute approximate surface area is 671 Å². The number of hydrogen-bond donors (Lipinski definition) is 22. The van der Waals surface area contributed by atoms with Crippen molar-refractivity contribution in [3.05, 3.63) is 138 Å². The Morgan fingerprint density at radius 2 is 0.704 bits per heavy atom. The Balaban J connectivity index is 1.32. The minimum Gasteiger partial charge on any atom is -0.508 e. The summed E-state index contributed by atoms with van der Waals surface area (Å²) in [7, 11) is 0. The van der Waals surface area contributed by atoms with E-state index in [2.05, 4.69) is 99.0 Å². The first-order chi connectivity index (χ1) is 54.6. The van der Waals surface area contributed by atoms with E-state index >= 15 is 14.4 Å². The molecule has 115 heavy (non-hydrogen) atoms. The number of carboxylic acids is 1. The van der Waals surface area contributed by atoms with Gasteiger partial charge < -0.3 is 107 Å². The standard InChI is InChI=1S/C76H98N18O19S2/c1-39(2)17-22-50(67(104)85-53(25-28-65(101)102)69(106)93-58(33-63(79)99)66(103)83-36-64(80)100)86-73(110)56(31-43-34-81-48-15-9-7-13-46(43)48)92-72(109)55(30-42-18-20-45(96)21-19-42)90-76(113)60(38-115)94-70(107)52(24-27-62(78)98)87-74(111)57(32-44-35-82-49-16-10-8-14-47(44)49)91-71(108)54(29-41-11-5-4-6-12-41)89-68(105)51(23-26-61(77)97)88-75(112)59(37-114)84-40(3)95/h4-16,18-21,34-35,39,50-60,81-82,96,114-115H,17,22-33,36-38H2,1-3H3,(H2,77,97)(H2,78,98)(H2,79,99)(H2,80,100)(H,83,103)(H,84,95)(H,85,104)(H,86,110)(H,87,111)(H,88,112)(H,89,105)(H,90,113)(H,91,108)(H,92,109)(H,93,106)(H,94,107)(H,101,102)/t50-,51-,52-,53-,54-,55-,56-,57-,58-,59-,60-/m0/s1. The minimum atomic E-state index is -1.76. The number of aromatic amines is 2. The Morgan fingerprint density at radius 1 is 0.365 bits per heavy atom. The van der Waals surface area contributed by atoms with E-state index in [4.69, 9.17) is 22.9 Å². The molecule has 16 amide bonds. The van der Waals surface area contributed by atoms with Gasteiger partial charge in [0.15, 0.2) is 0 Å². The highest BCUT2D eigenvalue weighted by Crippen LogP contribution is 2.23. The van der Waals surface area contributed by atoms with Gasteiger partial charge in [0.05, 0.1) is 13.0 Å². The van der Waals surface area contributed by atoms with E-state index in [1.54, 1.807) is 105 Å². The van der Waals surface area contributed by atoms with Gasteiger partial charge in [-0.15, -0.1) is 0 Å². The average Bonchev–Trinajstić information content (AvgIpc) is 1.70. The molecule has 0 bridgehead atoms. The van der Waals surface area contributed by atoms with E-state index in [1.165, 1.54) is 24.3 Å². The zero-order chi connectivity index (χ0) is 84.6. The zero-order valence-electron chi connectivity index (χ0n) is 63.3. The van der Waals surface area contributed by atoms with Crippen LogP contribution >= 0.6 is 25.3 Å². The summed E-state index contributed by atoms with van der Waals surface area (Å²) >= 11 is 8.54. The summed E-state index contributed by atoms with van der Waals surface area (Å²) in [6, 6.07) is 9.81. The number of nitrogens with one attached hydrogen (secondary N) is 14. The lowest BCUT2D eigenvalue weighted by Gasteiger charge is -2.28. The van der Waals surface area contributed by atoms with Gasteiger partial charge in [0.25, 0.3) is 0 Å². The number of hydrogen-bond acceptors (Lipinski definition) is 20. The van der Waals surface area contributed by atoms with Gasteiger partial charge in [0.2, 0.25) is 94.5 Å². The van der Waals surface area contributed by atoms with E-state index in [1.807, 2.05) is 0 Å². The van der Waals surface area contributed by atoms with E-state index in [-0.39, 0.29) is 62.4 Å². The van der Waals surface area contributed by atoms with E-state index in [0.29, 0.717) is 44.1 Å². The molecule has 2 heterocycles. The summed E-state index contributed by atoms with van der Waals surface area (Å²) < 4.78 is 0. The molecule has 0 saturated carbocycles. The first-order valence-electron chi connectivity index (χ1n) is 36.7. The number of carbonyl (C=O) groups is 17. The number of H-pyrrole nitrogens is 2. The monoisotopic (exact) mass is 1630 g/mol. The topological polar surface area (TPSA) is 611 Å². The van der Waals surface area contributed by atoms with Crippen LogP contribution < -0.4 is 86.7 Å². The zero-order valence-corrected chi connectivity index (χ0v) is 65.0. The van der Waals surface area contributed by atoms with Crippen LogP contribution in [-0.2, 0) is 107 Å². The van der Waals surface area contributed by atoms with Gasteiger partial charge in [-0.05, 0) is 84.5 Å². The molecule has 6 aromatic rings. The average molecular weight is 1630 g/mol. The molecule has 0 unspecified atom stereocenters. The fourth-order valence-corrected chi connectivity index (χ4v) is 12.6. The number of para-hydroxylation sites is 2. The molecular formula is C76H98N18O19S2. The van der Waals surface area contributed by atoms with Gasteiger partial charge in [-0.25, -0.2) is 0 Å².